The molecular formula is C25H40N4O2. The number of methoxy groups -OCH3 is 1. The van der Waals surface area contributed by atoms with Crippen molar-refractivity contribution in [3.63, 3.8) is 0 Å². The zero-order chi connectivity index (χ0) is 23.7. The maximum absolute atomic E-state index is 7.00. The number of aliphatic hydroxyl groups is 1. The van der Waals surface area contributed by atoms with E-state index in [0.29, 0.717) is 12.0 Å². The first kappa shape index (κ1) is 26.6. The largest absolute Gasteiger partial charge is 0.400 e. The summed E-state index contributed by atoms with van der Waals surface area (Å²) < 4.78 is 6.60. The molecule has 2 aromatic rings. The molecule has 1 aliphatic rings. The predicted octanol–water partition coefficient (Wildman–Crippen LogP) is 5.43. The van der Waals surface area contributed by atoms with Crippen molar-refractivity contribution in [2.75, 3.05) is 33.7 Å². The molecule has 2 aromatic heterocycles. The summed E-state index contributed by atoms with van der Waals surface area (Å²) in [7, 11) is 6.18. The molecule has 0 saturated carbocycles. The number of nitrogens with one attached hydrogen (secondary N) is 1. The summed E-state index contributed by atoms with van der Waals surface area (Å²) in [5.41, 5.74) is 8.01. The second-order valence-electron chi connectivity index (χ2n) is 8.11. The van der Waals surface area contributed by atoms with Gasteiger partial charge in [-0.2, -0.15) is 0 Å². The number of nitrogens with zero attached hydrogens (tertiary/aromatic N) is 3. The molecule has 0 bridgehead atoms. The van der Waals surface area contributed by atoms with E-state index < -0.39 is 0 Å². The Hall–Kier alpha value is -2.44. The number of aromatic nitrogens is 2. The van der Waals surface area contributed by atoms with Gasteiger partial charge in [0.2, 0.25) is 0 Å². The summed E-state index contributed by atoms with van der Waals surface area (Å²) in [5.74, 6) is 1.30. The van der Waals surface area contributed by atoms with Crippen LogP contribution in [0.25, 0.3) is 0 Å². The Morgan fingerprint density at radius 2 is 1.71 bits per heavy atom. The summed E-state index contributed by atoms with van der Waals surface area (Å²) in [5, 5.41) is 10.3. The molecule has 31 heavy (non-hydrogen) atoms. The fourth-order valence-corrected chi connectivity index (χ4v) is 3.51. The third kappa shape index (κ3) is 6.28. The van der Waals surface area contributed by atoms with Crippen LogP contribution in [0, 0.1) is 6.92 Å². The van der Waals surface area contributed by atoms with Gasteiger partial charge in [-0.1, -0.05) is 19.9 Å². The number of hydrogen-bond donors (Lipinski definition) is 2. The minimum atomic E-state index is 0.401. The fourth-order valence-electron chi connectivity index (χ4n) is 3.51. The fraction of sp³-hybridized carbons (Fsp3) is 0.520. The molecule has 6 heteroatoms. The average Bonchev–Trinajstić information content (AvgIpc) is 2.96. The minimum Gasteiger partial charge on any atom is -0.400 e. The Kier molecular flexibility index (Phi) is 10.7. The number of fused-ring (bicyclic) bond motifs is 1. The zero-order valence-corrected chi connectivity index (χ0v) is 20.9. The zero-order valence-electron chi connectivity index (χ0n) is 20.9. The predicted molar refractivity (Wildman–Crippen MR) is 132 cm³/mol. The number of allylic oxidation sites excluding steroid dienone is 2. The van der Waals surface area contributed by atoms with Gasteiger partial charge in [0.05, 0.1) is 11.4 Å². The number of anilines is 1. The molecule has 0 saturated heterocycles. The molecule has 0 aliphatic carbocycles. The third-order valence-corrected chi connectivity index (χ3v) is 5.05. The third-order valence-electron chi connectivity index (χ3n) is 5.05. The summed E-state index contributed by atoms with van der Waals surface area (Å²) in [4.78, 5) is 9.94. The normalized spacial score (nSPS) is 12.7. The Labute approximate surface area is 188 Å². The van der Waals surface area contributed by atoms with Gasteiger partial charge in [-0.05, 0) is 56.9 Å². The first-order valence-corrected chi connectivity index (χ1v) is 10.7. The van der Waals surface area contributed by atoms with Crippen molar-refractivity contribution in [1.82, 2.24) is 9.55 Å². The molecule has 6 nitrogen and oxygen atoms in total. The van der Waals surface area contributed by atoms with Gasteiger partial charge in [0.25, 0.3) is 0 Å². The highest BCUT2D eigenvalue weighted by Crippen LogP contribution is 2.34. The molecule has 0 unspecified atom stereocenters. The second-order valence-corrected chi connectivity index (χ2v) is 8.11. The second kappa shape index (κ2) is 12.4. The molecule has 172 valence electrons. The van der Waals surface area contributed by atoms with Gasteiger partial charge in [0.1, 0.15) is 5.82 Å². The molecule has 1 aliphatic heterocycles. The van der Waals surface area contributed by atoms with Crippen LogP contribution in [0.5, 0.6) is 0 Å². The Morgan fingerprint density at radius 1 is 1.10 bits per heavy atom. The van der Waals surface area contributed by atoms with Crippen LogP contribution in [0.3, 0.4) is 0 Å². The Morgan fingerprint density at radius 3 is 2.23 bits per heavy atom. The molecule has 0 amide bonds. The highest BCUT2D eigenvalue weighted by molar-refractivity contribution is 6.16. The molecule has 0 fully saturated rings. The highest BCUT2D eigenvalue weighted by atomic mass is 16.4. The lowest BCUT2D eigenvalue weighted by atomic mass is 10.0. The lowest BCUT2D eigenvalue weighted by Gasteiger charge is -2.14. The number of pyridine rings is 1. The van der Waals surface area contributed by atoms with Gasteiger partial charge >= 0.3 is 0 Å². The van der Waals surface area contributed by atoms with Crippen molar-refractivity contribution in [1.29, 1.82) is 0 Å². The van der Waals surface area contributed by atoms with Crippen LogP contribution in [0.2, 0.25) is 0 Å². The van der Waals surface area contributed by atoms with Crippen molar-refractivity contribution in [3.05, 3.63) is 52.5 Å². The van der Waals surface area contributed by atoms with Crippen molar-refractivity contribution in [3.8, 4) is 0 Å². The number of aliphatic hydroxyl groups excluding tert-OH is 1. The first-order valence-electron chi connectivity index (χ1n) is 10.7. The monoisotopic (exact) mass is 428 g/mol. The number of aliphatic imine (C=N–C) groups is 1. The number of ether oxygens (including phenoxy) is 1. The van der Waals surface area contributed by atoms with Crippen LogP contribution in [0.1, 0.15) is 69.1 Å². The van der Waals surface area contributed by atoms with E-state index in [-0.39, 0.29) is 0 Å². The summed E-state index contributed by atoms with van der Waals surface area (Å²) in [6, 6.07) is 4.71. The van der Waals surface area contributed by atoms with E-state index in [1.54, 1.807) is 14.2 Å². The topological polar surface area (TPSA) is 71.7 Å². The Bertz CT molecular complexity index is 908. The van der Waals surface area contributed by atoms with E-state index in [1.807, 2.05) is 7.05 Å². The van der Waals surface area contributed by atoms with Crippen LogP contribution < -0.4 is 5.32 Å². The van der Waals surface area contributed by atoms with Gasteiger partial charge in [0.15, 0.2) is 0 Å². The molecule has 0 radical (unpaired) electrons. The maximum Gasteiger partial charge on any atom is 0.135 e. The minimum absolute atomic E-state index is 0.401. The van der Waals surface area contributed by atoms with E-state index in [4.69, 9.17) is 15.1 Å². The van der Waals surface area contributed by atoms with E-state index in [0.717, 1.165) is 42.0 Å². The lowest BCUT2D eigenvalue weighted by Crippen LogP contribution is -2.10. The lowest BCUT2D eigenvalue weighted by molar-refractivity contribution is 0.277. The summed E-state index contributed by atoms with van der Waals surface area (Å²) in [6.45, 7) is 13.1. The smallest absolute Gasteiger partial charge is 0.135 e. The van der Waals surface area contributed by atoms with Crippen LogP contribution >= 0.6 is 0 Å². The molecule has 3 heterocycles. The summed E-state index contributed by atoms with van der Waals surface area (Å²) in [6.07, 6.45) is 5.43. The molecular weight excluding hydrogens is 388 g/mol. The molecule has 0 atom stereocenters. The average molecular weight is 429 g/mol. The van der Waals surface area contributed by atoms with E-state index in [9.17, 15) is 0 Å². The SMILES string of the molecule is CNc1nc(C(C)C)ccc1C1=Nc2c(C)cn(C(C)C)c2CC=C1C.CO.COC. The van der Waals surface area contributed by atoms with E-state index in [2.05, 4.69) is 80.6 Å². The van der Waals surface area contributed by atoms with Crippen LogP contribution in [-0.4, -0.2) is 48.7 Å². The quantitative estimate of drug-likeness (QED) is 0.681. The van der Waals surface area contributed by atoms with Gasteiger partial charge in [-0.3, -0.25) is 0 Å². The van der Waals surface area contributed by atoms with Crippen LogP contribution in [-0.2, 0) is 11.2 Å². The maximum atomic E-state index is 7.00. The van der Waals surface area contributed by atoms with Crippen molar-refractivity contribution in [2.45, 2.75) is 59.9 Å². The van der Waals surface area contributed by atoms with Crippen molar-refractivity contribution >= 4 is 17.2 Å². The first-order chi connectivity index (χ1) is 14.7. The molecule has 0 aromatic carbocycles. The molecule has 0 spiro atoms. The molecule has 3 rings (SSSR count). The van der Waals surface area contributed by atoms with Crippen molar-refractivity contribution in [2.24, 2.45) is 4.99 Å². The van der Waals surface area contributed by atoms with Crippen LogP contribution in [0.4, 0.5) is 11.5 Å². The van der Waals surface area contributed by atoms with E-state index in [1.165, 1.54) is 16.8 Å². The molecule has 2 N–H and O–H groups in total. The van der Waals surface area contributed by atoms with Crippen LogP contribution in [0.15, 0.2) is 35.0 Å². The van der Waals surface area contributed by atoms with E-state index >= 15 is 0 Å². The number of aryl methyl sites for hydroxylation is 1. The number of hydrogen-bond acceptors (Lipinski definition) is 5. The number of rotatable bonds is 4. The van der Waals surface area contributed by atoms with Gasteiger partial charge in [-0.25, -0.2) is 9.98 Å². The standard InChI is InChI=1S/C22H30N4.C2H6O.CH4O/c1-13(2)18-10-9-17(22(23-7)24-18)20-15(5)8-11-19-21(25-20)16(6)12-26(19)14(3)4;1-3-2;1-2/h8-10,12-14H,11H2,1-7H3,(H,23,24);1-2H3;2H,1H3. The summed E-state index contributed by atoms with van der Waals surface area (Å²) >= 11 is 0. The van der Waals surface area contributed by atoms with Crippen molar-refractivity contribution < 1.29 is 9.84 Å². The van der Waals surface area contributed by atoms with Gasteiger partial charge in [-0.15, -0.1) is 0 Å². The Balaban J connectivity index is 0.000000884. The van der Waals surface area contributed by atoms with Gasteiger partial charge in [0, 0.05) is 64.0 Å². The highest BCUT2D eigenvalue weighted by Gasteiger charge is 2.21. The van der Waals surface area contributed by atoms with Gasteiger partial charge < -0.3 is 19.7 Å².